The highest BCUT2D eigenvalue weighted by Crippen LogP contribution is 2.38. The highest BCUT2D eigenvalue weighted by atomic mass is 19.4. The van der Waals surface area contributed by atoms with E-state index in [-0.39, 0.29) is 31.8 Å². The van der Waals surface area contributed by atoms with E-state index < -0.39 is 18.2 Å². The first kappa shape index (κ1) is 14.0. The molecule has 100 valence electrons. The Hall–Kier alpha value is -1.02. The third-order valence-corrected chi connectivity index (χ3v) is 2.95. The maximum atomic E-state index is 12.6. The average Bonchev–Trinajstić information content (AvgIpc) is 2.41. The molecule has 1 aliphatic rings. The van der Waals surface area contributed by atoms with Crippen LogP contribution in [-0.2, 0) is 0 Å². The van der Waals surface area contributed by atoms with Crippen molar-refractivity contribution in [1.82, 2.24) is 4.90 Å². The fraction of sp³-hybridized carbons (Fsp3) is 0.889. The summed E-state index contributed by atoms with van der Waals surface area (Å²) in [5.74, 6) is -0.0533. The van der Waals surface area contributed by atoms with Gasteiger partial charge >= 0.3 is 6.18 Å². The summed E-state index contributed by atoms with van der Waals surface area (Å²) in [6.07, 6.45) is -5.10. The van der Waals surface area contributed by atoms with Crippen molar-refractivity contribution in [1.29, 1.82) is 0 Å². The summed E-state index contributed by atoms with van der Waals surface area (Å²) in [4.78, 5) is 1.62. The molecular weight excluding hydrogens is 239 g/mol. The Bertz CT molecular complexity index is 296. The molecule has 5 nitrogen and oxygen atoms in total. The van der Waals surface area contributed by atoms with Crippen molar-refractivity contribution in [3.8, 4) is 0 Å². The summed E-state index contributed by atoms with van der Waals surface area (Å²) in [5, 5.41) is 20.7. The minimum absolute atomic E-state index is 0.0533. The molecule has 1 heterocycles. The van der Waals surface area contributed by atoms with E-state index in [9.17, 15) is 18.3 Å². The van der Waals surface area contributed by atoms with E-state index in [1.165, 1.54) is 0 Å². The van der Waals surface area contributed by atoms with Crippen molar-refractivity contribution in [2.45, 2.75) is 31.0 Å². The van der Waals surface area contributed by atoms with Gasteiger partial charge in [0.2, 0.25) is 0 Å². The van der Waals surface area contributed by atoms with Crippen molar-refractivity contribution in [3.63, 3.8) is 0 Å². The first-order valence-corrected chi connectivity index (χ1v) is 5.26. The number of nitrogens with two attached hydrogens (primary N) is 1. The van der Waals surface area contributed by atoms with Crippen LogP contribution >= 0.6 is 0 Å². The van der Waals surface area contributed by atoms with E-state index in [0.29, 0.717) is 6.54 Å². The van der Waals surface area contributed by atoms with Gasteiger partial charge in [-0.05, 0) is 25.8 Å². The number of halogens is 3. The lowest BCUT2D eigenvalue weighted by Crippen LogP contribution is -2.46. The van der Waals surface area contributed by atoms with Gasteiger partial charge in [-0.2, -0.15) is 13.2 Å². The Morgan fingerprint density at radius 3 is 2.53 bits per heavy atom. The van der Waals surface area contributed by atoms with Crippen molar-refractivity contribution < 1.29 is 23.5 Å². The predicted octanol–water partition coefficient (Wildman–Crippen LogP) is 0.512. The van der Waals surface area contributed by atoms with Crippen LogP contribution in [-0.4, -0.2) is 52.5 Å². The van der Waals surface area contributed by atoms with Crippen molar-refractivity contribution in [3.05, 3.63) is 0 Å². The molecule has 0 aliphatic carbocycles. The number of oxime groups is 1. The largest absolute Gasteiger partial charge is 0.417 e. The molecule has 1 atom stereocenters. The Morgan fingerprint density at radius 2 is 2.00 bits per heavy atom. The molecule has 0 saturated carbocycles. The van der Waals surface area contributed by atoms with Crippen LogP contribution in [0, 0.1) is 0 Å². The molecule has 8 heteroatoms. The van der Waals surface area contributed by atoms with Gasteiger partial charge in [0, 0.05) is 6.54 Å². The van der Waals surface area contributed by atoms with Crippen molar-refractivity contribution in [2.24, 2.45) is 10.9 Å². The number of rotatable bonds is 2. The molecule has 17 heavy (non-hydrogen) atoms. The van der Waals surface area contributed by atoms with Gasteiger partial charge in [-0.15, -0.1) is 0 Å². The second kappa shape index (κ2) is 5.09. The fourth-order valence-electron chi connectivity index (χ4n) is 1.88. The van der Waals surface area contributed by atoms with Gasteiger partial charge in [0.15, 0.2) is 11.4 Å². The zero-order valence-electron chi connectivity index (χ0n) is 9.24. The third-order valence-electron chi connectivity index (χ3n) is 2.95. The Balaban J connectivity index is 2.62. The number of likely N-dealkylation sites (tertiary alicyclic amines) is 1. The van der Waals surface area contributed by atoms with Gasteiger partial charge in [0.1, 0.15) is 0 Å². The molecule has 0 aromatic carbocycles. The van der Waals surface area contributed by atoms with Crippen molar-refractivity contribution >= 4 is 5.84 Å². The topological polar surface area (TPSA) is 82.1 Å². The Morgan fingerprint density at radius 1 is 1.35 bits per heavy atom. The lowest BCUT2D eigenvalue weighted by molar-refractivity contribution is -0.263. The van der Waals surface area contributed by atoms with E-state index in [1.54, 1.807) is 4.90 Å². The van der Waals surface area contributed by atoms with Crippen LogP contribution in [0.15, 0.2) is 5.16 Å². The molecule has 1 aliphatic heterocycles. The Labute approximate surface area is 96.7 Å². The van der Waals surface area contributed by atoms with Gasteiger partial charge in [-0.3, -0.25) is 4.90 Å². The molecule has 1 saturated heterocycles. The lowest BCUT2D eigenvalue weighted by atomic mass is 9.94. The van der Waals surface area contributed by atoms with Gasteiger partial charge in [-0.1, -0.05) is 5.16 Å². The standard InChI is InChI=1S/C9H16F3N3O2/c10-9(11,12)8(16)2-1-4-15(5-3-8)6-7(13)14-17/h16-17H,1-6H2,(H2,13,14). The number of hydrogen-bond acceptors (Lipinski definition) is 4. The van der Waals surface area contributed by atoms with E-state index in [0.717, 1.165) is 0 Å². The molecule has 0 aromatic rings. The second-order valence-corrected chi connectivity index (χ2v) is 4.25. The number of nitrogens with zero attached hydrogens (tertiary/aromatic N) is 2. The summed E-state index contributed by atoms with van der Waals surface area (Å²) in [7, 11) is 0. The van der Waals surface area contributed by atoms with Gasteiger partial charge in [0.05, 0.1) is 6.54 Å². The van der Waals surface area contributed by atoms with Crippen LogP contribution in [0.25, 0.3) is 0 Å². The highest BCUT2D eigenvalue weighted by Gasteiger charge is 2.53. The van der Waals surface area contributed by atoms with Gasteiger partial charge < -0.3 is 16.0 Å². The van der Waals surface area contributed by atoms with Gasteiger partial charge in [0.25, 0.3) is 0 Å². The molecular formula is C9H16F3N3O2. The highest BCUT2D eigenvalue weighted by molar-refractivity contribution is 5.81. The zero-order valence-corrected chi connectivity index (χ0v) is 9.24. The lowest BCUT2D eigenvalue weighted by Gasteiger charge is -2.29. The number of hydrogen-bond donors (Lipinski definition) is 3. The van der Waals surface area contributed by atoms with E-state index in [2.05, 4.69) is 5.16 Å². The van der Waals surface area contributed by atoms with Crippen LogP contribution in [0.4, 0.5) is 13.2 Å². The first-order valence-electron chi connectivity index (χ1n) is 5.26. The summed E-state index contributed by atoms with van der Waals surface area (Å²) >= 11 is 0. The first-order chi connectivity index (χ1) is 7.78. The monoisotopic (exact) mass is 255 g/mol. The summed E-state index contributed by atoms with van der Waals surface area (Å²) < 4.78 is 37.8. The van der Waals surface area contributed by atoms with E-state index in [1.807, 2.05) is 0 Å². The maximum absolute atomic E-state index is 12.6. The van der Waals surface area contributed by atoms with Crippen molar-refractivity contribution in [2.75, 3.05) is 19.6 Å². The van der Waals surface area contributed by atoms with Crippen LogP contribution in [0.2, 0.25) is 0 Å². The number of aliphatic hydroxyl groups is 1. The van der Waals surface area contributed by atoms with Gasteiger partial charge in [-0.25, -0.2) is 0 Å². The number of amidine groups is 1. The number of alkyl halides is 3. The second-order valence-electron chi connectivity index (χ2n) is 4.25. The smallest absolute Gasteiger partial charge is 0.409 e. The molecule has 1 rings (SSSR count). The SMILES string of the molecule is NC(CN1CCCC(O)(C(F)(F)F)CC1)=NO. The third kappa shape index (κ3) is 3.47. The Kier molecular flexibility index (Phi) is 4.21. The molecule has 4 N–H and O–H groups in total. The fourth-order valence-corrected chi connectivity index (χ4v) is 1.88. The molecule has 0 amide bonds. The molecule has 0 aromatic heterocycles. The summed E-state index contributed by atoms with van der Waals surface area (Å²) in [6, 6.07) is 0. The molecule has 1 fully saturated rings. The average molecular weight is 255 g/mol. The van der Waals surface area contributed by atoms with Crippen LogP contribution in [0.1, 0.15) is 19.3 Å². The molecule has 0 bridgehead atoms. The normalized spacial score (nSPS) is 29.1. The van der Waals surface area contributed by atoms with Crippen LogP contribution in [0.5, 0.6) is 0 Å². The zero-order chi connectivity index (χ0) is 13.1. The van der Waals surface area contributed by atoms with E-state index >= 15 is 0 Å². The minimum atomic E-state index is -4.61. The molecule has 0 radical (unpaired) electrons. The minimum Gasteiger partial charge on any atom is -0.409 e. The maximum Gasteiger partial charge on any atom is 0.417 e. The quantitative estimate of drug-likeness (QED) is 0.291. The van der Waals surface area contributed by atoms with Crippen LogP contribution < -0.4 is 5.73 Å². The van der Waals surface area contributed by atoms with E-state index in [4.69, 9.17) is 10.9 Å². The summed E-state index contributed by atoms with van der Waals surface area (Å²) in [6.45, 7) is 0.547. The summed E-state index contributed by atoms with van der Waals surface area (Å²) in [5.41, 5.74) is 2.66. The van der Waals surface area contributed by atoms with Crippen LogP contribution in [0.3, 0.4) is 0 Å². The molecule has 1 unspecified atom stereocenters. The molecule has 0 spiro atoms. The predicted molar refractivity (Wildman–Crippen MR) is 54.7 cm³/mol.